The third-order valence-corrected chi connectivity index (χ3v) is 5.04. The number of hydrazone groups is 1. The number of nitrogens with zero attached hydrogens (tertiary/aromatic N) is 2. The minimum atomic E-state index is -0.244. The van der Waals surface area contributed by atoms with Gasteiger partial charge in [0.1, 0.15) is 0 Å². The first-order valence-electron chi connectivity index (χ1n) is 9.07. The Hall–Kier alpha value is -2.69. The first-order valence-corrected chi connectivity index (χ1v) is 9.07. The van der Waals surface area contributed by atoms with Crippen molar-refractivity contribution in [1.82, 2.24) is 5.43 Å². The highest BCUT2D eigenvalue weighted by molar-refractivity contribution is 6.02. The molecule has 0 unspecified atom stereocenters. The summed E-state index contributed by atoms with van der Waals surface area (Å²) in [5.74, 6) is 0.290. The van der Waals surface area contributed by atoms with Crippen LogP contribution in [-0.2, 0) is 4.79 Å². The first kappa shape index (κ1) is 18.1. The number of rotatable bonds is 4. The molecule has 1 aliphatic carbocycles. The molecule has 0 saturated carbocycles. The van der Waals surface area contributed by atoms with Crippen molar-refractivity contribution in [3.05, 3.63) is 53.6 Å². The summed E-state index contributed by atoms with van der Waals surface area (Å²) in [4.78, 5) is 25.9. The van der Waals surface area contributed by atoms with E-state index in [0.717, 1.165) is 48.4 Å². The molecular weight excluding hydrogens is 326 g/mol. The summed E-state index contributed by atoms with van der Waals surface area (Å²) in [6.45, 7) is 8.81. The van der Waals surface area contributed by atoms with Crippen molar-refractivity contribution >= 4 is 23.2 Å². The standard InChI is InChI=1S/C21H25N3O2/c1-14(2)17-8-11-19(15(3)13-17)22-23-21(26)16-6-9-18(10-7-16)24-12-4-5-20(24)25/h6-7,9-10,13,17H,1,4-5,8,11-12H2,2-3H3,(H,23,26)/t17-/m0/s1. The lowest BCUT2D eigenvalue weighted by molar-refractivity contribution is -0.117. The molecule has 1 fully saturated rings. The average Bonchev–Trinajstić information content (AvgIpc) is 3.06. The van der Waals surface area contributed by atoms with E-state index in [1.54, 1.807) is 17.0 Å². The monoisotopic (exact) mass is 351 g/mol. The molecular formula is C21H25N3O2. The second-order valence-corrected chi connectivity index (χ2v) is 7.04. The molecule has 1 heterocycles. The van der Waals surface area contributed by atoms with Crippen LogP contribution >= 0.6 is 0 Å². The van der Waals surface area contributed by atoms with E-state index in [9.17, 15) is 9.59 Å². The Kier molecular flexibility index (Phi) is 5.35. The van der Waals surface area contributed by atoms with E-state index in [2.05, 4.69) is 23.2 Å². The number of carbonyl (C=O) groups is 2. The molecule has 3 rings (SSSR count). The van der Waals surface area contributed by atoms with Crippen molar-refractivity contribution in [3.8, 4) is 0 Å². The van der Waals surface area contributed by atoms with E-state index in [0.29, 0.717) is 17.9 Å². The Morgan fingerprint density at radius 3 is 2.58 bits per heavy atom. The third-order valence-electron chi connectivity index (χ3n) is 5.04. The minimum Gasteiger partial charge on any atom is -0.312 e. The van der Waals surface area contributed by atoms with Crippen molar-refractivity contribution in [2.75, 3.05) is 11.4 Å². The summed E-state index contributed by atoms with van der Waals surface area (Å²) in [5, 5.41) is 4.30. The van der Waals surface area contributed by atoms with Crippen molar-refractivity contribution in [2.24, 2.45) is 11.0 Å². The highest BCUT2D eigenvalue weighted by atomic mass is 16.2. The van der Waals surface area contributed by atoms with Gasteiger partial charge in [-0.2, -0.15) is 5.10 Å². The lowest BCUT2D eigenvalue weighted by Crippen LogP contribution is -2.24. The predicted octanol–water partition coefficient (Wildman–Crippen LogP) is 3.83. The zero-order valence-electron chi connectivity index (χ0n) is 15.4. The van der Waals surface area contributed by atoms with Crippen LogP contribution in [0.5, 0.6) is 0 Å². The molecule has 0 aromatic heterocycles. The van der Waals surface area contributed by atoms with Crippen molar-refractivity contribution < 1.29 is 9.59 Å². The Balaban J connectivity index is 1.64. The van der Waals surface area contributed by atoms with Gasteiger partial charge in [0.25, 0.3) is 5.91 Å². The lowest BCUT2D eigenvalue weighted by Gasteiger charge is -2.21. The number of allylic oxidation sites excluding steroid dienone is 3. The van der Waals surface area contributed by atoms with Gasteiger partial charge < -0.3 is 4.90 Å². The Labute approximate surface area is 154 Å². The normalized spacial score (nSPS) is 21.7. The molecule has 2 aliphatic rings. The summed E-state index contributed by atoms with van der Waals surface area (Å²) in [7, 11) is 0. The molecule has 1 saturated heterocycles. The maximum Gasteiger partial charge on any atom is 0.271 e. The highest BCUT2D eigenvalue weighted by Gasteiger charge is 2.22. The van der Waals surface area contributed by atoms with Crippen molar-refractivity contribution in [2.45, 2.75) is 39.5 Å². The molecule has 26 heavy (non-hydrogen) atoms. The van der Waals surface area contributed by atoms with Gasteiger partial charge in [-0.15, -0.1) is 0 Å². The zero-order chi connectivity index (χ0) is 18.7. The van der Waals surface area contributed by atoms with Gasteiger partial charge in [-0.1, -0.05) is 18.2 Å². The lowest BCUT2D eigenvalue weighted by atomic mass is 9.86. The molecule has 1 aliphatic heterocycles. The highest BCUT2D eigenvalue weighted by Crippen LogP contribution is 2.26. The molecule has 0 spiro atoms. The van der Waals surface area contributed by atoms with Gasteiger partial charge in [-0.05, 0) is 68.9 Å². The molecule has 1 aromatic carbocycles. The summed E-state index contributed by atoms with van der Waals surface area (Å²) < 4.78 is 0. The van der Waals surface area contributed by atoms with Gasteiger partial charge in [-0.25, -0.2) is 5.43 Å². The van der Waals surface area contributed by atoms with Crippen LogP contribution in [-0.4, -0.2) is 24.1 Å². The summed E-state index contributed by atoms with van der Waals surface area (Å²) in [5.41, 5.74) is 7.17. The Bertz CT molecular complexity index is 790. The molecule has 5 nitrogen and oxygen atoms in total. The zero-order valence-corrected chi connectivity index (χ0v) is 15.4. The number of anilines is 1. The van der Waals surface area contributed by atoms with Gasteiger partial charge in [-0.3, -0.25) is 9.59 Å². The van der Waals surface area contributed by atoms with Crippen LogP contribution in [0.4, 0.5) is 5.69 Å². The van der Waals surface area contributed by atoms with E-state index < -0.39 is 0 Å². The van der Waals surface area contributed by atoms with E-state index in [4.69, 9.17) is 0 Å². The van der Waals surface area contributed by atoms with Crippen LogP contribution in [0.2, 0.25) is 0 Å². The van der Waals surface area contributed by atoms with Gasteiger partial charge in [0.2, 0.25) is 5.91 Å². The number of amides is 2. The van der Waals surface area contributed by atoms with Gasteiger partial charge >= 0.3 is 0 Å². The first-order chi connectivity index (χ1) is 12.5. The molecule has 1 atom stereocenters. The Morgan fingerprint density at radius 2 is 2.00 bits per heavy atom. The maximum absolute atomic E-state index is 12.3. The molecule has 136 valence electrons. The molecule has 1 aromatic rings. The topological polar surface area (TPSA) is 61.8 Å². The summed E-state index contributed by atoms with van der Waals surface area (Å²) >= 11 is 0. The fourth-order valence-corrected chi connectivity index (χ4v) is 3.40. The predicted molar refractivity (Wildman–Crippen MR) is 104 cm³/mol. The van der Waals surface area contributed by atoms with E-state index in [1.165, 1.54) is 0 Å². The van der Waals surface area contributed by atoms with E-state index in [-0.39, 0.29) is 11.8 Å². The fraction of sp³-hybridized carbons (Fsp3) is 0.381. The summed E-state index contributed by atoms with van der Waals surface area (Å²) in [6, 6.07) is 7.09. The SMILES string of the molecule is C=C(C)[C@@H]1C=C(C)C(=NNC(=O)c2ccc(N3CCCC3=O)cc2)CC1. The van der Waals surface area contributed by atoms with Crippen LogP contribution in [0.15, 0.2) is 53.2 Å². The van der Waals surface area contributed by atoms with Crippen LogP contribution in [0, 0.1) is 5.92 Å². The van der Waals surface area contributed by atoms with Gasteiger partial charge in [0, 0.05) is 24.2 Å². The number of hydrogen-bond donors (Lipinski definition) is 1. The largest absolute Gasteiger partial charge is 0.312 e. The second kappa shape index (κ2) is 7.68. The second-order valence-electron chi connectivity index (χ2n) is 7.04. The molecule has 0 radical (unpaired) electrons. The minimum absolute atomic E-state index is 0.140. The Morgan fingerprint density at radius 1 is 1.27 bits per heavy atom. The molecule has 2 amide bonds. The van der Waals surface area contributed by atoms with E-state index in [1.807, 2.05) is 26.0 Å². The smallest absolute Gasteiger partial charge is 0.271 e. The van der Waals surface area contributed by atoms with Crippen molar-refractivity contribution in [1.29, 1.82) is 0 Å². The molecule has 5 heteroatoms. The van der Waals surface area contributed by atoms with Crippen LogP contribution in [0.3, 0.4) is 0 Å². The van der Waals surface area contributed by atoms with Gasteiger partial charge in [0.05, 0.1) is 5.71 Å². The van der Waals surface area contributed by atoms with E-state index >= 15 is 0 Å². The van der Waals surface area contributed by atoms with Crippen LogP contribution in [0.25, 0.3) is 0 Å². The quantitative estimate of drug-likeness (QED) is 0.662. The molecule has 1 N–H and O–H groups in total. The molecule has 0 bridgehead atoms. The number of carbonyl (C=O) groups excluding carboxylic acids is 2. The van der Waals surface area contributed by atoms with Gasteiger partial charge in [0.15, 0.2) is 0 Å². The average molecular weight is 351 g/mol. The van der Waals surface area contributed by atoms with Crippen LogP contribution < -0.4 is 10.3 Å². The maximum atomic E-state index is 12.3. The third kappa shape index (κ3) is 3.93. The number of hydrogen-bond acceptors (Lipinski definition) is 3. The number of benzene rings is 1. The van der Waals surface area contributed by atoms with Crippen LogP contribution in [0.1, 0.15) is 49.9 Å². The fourth-order valence-electron chi connectivity index (χ4n) is 3.40. The van der Waals surface area contributed by atoms with Crippen molar-refractivity contribution in [3.63, 3.8) is 0 Å². The number of nitrogens with one attached hydrogen (secondary N) is 1. The summed E-state index contributed by atoms with van der Waals surface area (Å²) in [6.07, 6.45) is 5.45.